The number of carbonyl (C=O) groups excluding carboxylic acids is 3. The number of alkyl carbamates (subject to hydrolysis) is 1. The standard InChI is InChI=1S/C21H25N3O6/c1-21(2,3)30-20(29)23-12-18(27)22-11-13-6-4-5-7-17(13)24-19(28)14-8-15(25)10-16(26)9-14/h4-10,25-26H,11-12H2,1-3H3,(H,22,27)(H,23,29)(H,24,28). The van der Waals surface area contributed by atoms with Crippen molar-refractivity contribution >= 4 is 23.6 Å². The Labute approximate surface area is 174 Å². The molecular formula is C21H25N3O6. The van der Waals surface area contributed by atoms with Crippen LogP contribution >= 0.6 is 0 Å². The number of amides is 3. The molecule has 30 heavy (non-hydrogen) atoms. The van der Waals surface area contributed by atoms with E-state index in [2.05, 4.69) is 16.0 Å². The van der Waals surface area contributed by atoms with Crippen LogP contribution in [0.15, 0.2) is 42.5 Å². The van der Waals surface area contributed by atoms with Crippen molar-refractivity contribution in [3.05, 3.63) is 53.6 Å². The van der Waals surface area contributed by atoms with E-state index in [0.29, 0.717) is 11.3 Å². The molecule has 2 aromatic carbocycles. The molecule has 0 spiro atoms. The Hall–Kier alpha value is -3.75. The second-order valence-electron chi connectivity index (χ2n) is 7.48. The Morgan fingerprint density at radius 1 is 0.967 bits per heavy atom. The van der Waals surface area contributed by atoms with Crippen molar-refractivity contribution in [1.29, 1.82) is 0 Å². The number of para-hydroxylation sites is 1. The van der Waals surface area contributed by atoms with Crippen LogP contribution in [0.25, 0.3) is 0 Å². The summed E-state index contributed by atoms with van der Waals surface area (Å²) in [5.41, 5.74) is 0.490. The molecule has 0 atom stereocenters. The molecule has 0 aliphatic carbocycles. The molecule has 0 radical (unpaired) electrons. The molecule has 0 saturated carbocycles. The molecule has 2 aromatic rings. The third kappa shape index (κ3) is 7.34. The summed E-state index contributed by atoms with van der Waals surface area (Å²) >= 11 is 0. The molecule has 0 aromatic heterocycles. The molecule has 0 fully saturated rings. The molecule has 3 amide bonds. The number of phenolic OH excluding ortho intramolecular Hbond substituents is 2. The predicted octanol–water partition coefficient (Wildman–Crippen LogP) is 2.49. The highest BCUT2D eigenvalue weighted by Crippen LogP contribution is 2.22. The average molecular weight is 415 g/mol. The van der Waals surface area contributed by atoms with Gasteiger partial charge in [0.15, 0.2) is 0 Å². The molecule has 0 heterocycles. The number of rotatable bonds is 6. The van der Waals surface area contributed by atoms with E-state index in [4.69, 9.17) is 4.74 Å². The van der Waals surface area contributed by atoms with Crippen LogP contribution in [-0.2, 0) is 16.1 Å². The first-order valence-electron chi connectivity index (χ1n) is 9.19. The van der Waals surface area contributed by atoms with E-state index in [-0.39, 0.29) is 30.2 Å². The number of carbonyl (C=O) groups is 3. The van der Waals surface area contributed by atoms with E-state index in [9.17, 15) is 24.6 Å². The summed E-state index contributed by atoms with van der Waals surface area (Å²) in [4.78, 5) is 36.0. The number of hydrogen-bond donors (Lipinski definition) is 5. The van der Waals surface area contributed by atoms with Gasteiger partial charge in [-0.15, -0.1) is 0 Å². The predicted molar refractivity (Wildman–Crippen MR) is 110 cm³/mol. The van der Waals surface area contributed by atoms with Crippen LogP contribution in [0.2, 0.25) is 0 Å². The summed E-state index contributed by atoms with van der Waals surface area (Å²) in [5.74, 6) is -1.44. The van der Waals surface area contributed by atoms with Crippen LogP contribution in [0.5, 0.6) is 11.5 Å². The topological polar surface area (TPSA) is 137 Å². The van der Waals surface area contributed by atoms with Gasteiger partial charge in [-0.05, 0) is 44.5 Å². The third-order valence-corrected chi connectivity index (χ3v) is 3.70. The fourth-order valence-corrected chi connectivity index (χ4v) is 2.44. The zero-order valence-electron chi connectivity index (χ0n) is 17.0. The van der Waals surface area contributed by atoms with Gasteiger partial charge in [-0.2, -0.15) is 0 Å². The maximum Gasteiger partial charge on any atom is 0.408 e. The fourth-order valence-electron chi connectivity index (χ4n) is 2.44. The Balaban J connectivity index is 1.94. The van der Waals surface area contributed by atoms with Gasteiger partial charge in [-0.25, -0.2) is 4.79 Å². The van der Waals surface area contributed by atoms with Gasteiger partial charge < -0.3 is 30.9 Å². The highest BCUT2D eigenvalue weighted by atomic mass is 16.6. The molecule has 0 aliphatic heterocycles. The second kappa shape index (κ2) is 9.64. The van der Waals surface area contributed by atoms with E-state index < -0.39 is 23.5 Å². The third-order valence-electron chi connectivity index (χ3n) is 3.70. The molecule has 160 valence electrons. The molecule has 0 saturated heterocycles. The van der Waals surface area contributed by atoms with Crippen LogP contribution in [0.1, 0.15) is 36.7 Å². The minimum Gasteiger partial charge on any atom is -0.508 e. The number of aromatic hydroxyl groups is 2. The molecular weight excluding hydrogens is 390 g/mol. The maximum atomic E-state index is 12.4. The van der Waals surface area contributed by atoms with Crippen molar-refractivity contribution in [3.8, 4) is 11.5 Å². The lowest BCUT2D eigenvalue weighted by molar-refractivity contribution is -0.120. The lowest BCUT2D eigenvalue weighted by Gasteiger charge is -2.19. The summed E-state index contributed by atoms with van der Waals surface area (Å²) in [6.07, 6.45) is -0.695. The molecule has 0 bridgehead atoms. The van der Waals surface area contributed by atoms with Gasteiger partial charge in [0.05, 0.1) is 0 Å². The molecule has 9 nitrogen and oxygen atoms in total. The lowest BCUT2D eigenvalue weighted by atomic mass is 10.1. The summed E-state index contributed by atoms with van der Waals surface area (Å²) in [6.45, 7) is 5.00. The van der Waals surface area contributed by atoms with Gasteiger partial charge in [-0.1, -0.05) is 18.2 Å². The Morgan fingerprint density at radius 3 is 2.23 bits per heavy atom. The van der Waals surface area contributed by atoms with Crippen molar-refractivity contribution < 1.29 is 29.3 Å². The average Bonchev–Trinajstić information content (AvgIpc) is 2.63. The van der Waals surface area contributed by atoms with E-state index in [1.165, 1.54) is 12.1 Å². The quantitative estimate of drug-likeness (QED) is 0.492. The first-order chi connectivity index (χ1) is 14.0. The molecule has 2 rings (SSSR count). The Kier molecular flexibility index (Phi) is 7.24. The number of hydrogen-bond acceptors (Lipinski definition) is 6. The highest BCUT2D eigenvalue weighted by Gasteiger charge is 2.17. The Bertz CT molecular complexity index is 916. The second-order valence-corrected chi connectivity index (χ2v) is 7.48. The van der Waals surface area contributed by atoms with E-state index >= 15 is 0 Å². The molecule has 9 heteroatoms. The van der Waals surface area contributed by atoms with Crippen LogP contribution in [-0.4, -0.2) is 40.3 Å². The van der Waals surface area contributed by atoms with E-state index in [1.54, 1.807) is 45.0 Å². The summed E-state index contributed by atoms with van der Waals surface area (Å²) in [6, 6.07) is 10.4. The zero-order valence-corrected chi connectivity index (χ0v) is 17.0. The van der Waals surface area contributed by atoms with Crippen LogP contribution in [0, 0.1) is 0 Å². The summed E-state index contributed by atoms with van der Waals surface area (Å²) < 4.78 is 5.06. The van der Waals surface area contributed by atoms with Gasteiger partial charge in [0.25, 0.3) is 5.91 Å². The number of ether oxygens (including phenoxy) is 1. The lowest BCUT2D eigenvalue weighted by Crippen LogP contribution is -2.39. The first kappa shape index (κ1) is 22.5. The smallest absolute Gasteiger partial charge is 0.408 e. The van der Waals surface area contributed by atoms with Crippen molar-refractivity contribution in [2.45, 2.75) is 32.9 Å². The number of anilines is 1. The molecule has 0 aliphatic rings. The van der Waals surface area contributed by atoms with Gasteiger partial charge in [-0.3, -0.25) is 9.59 Å². The minimum absolute atomic E-state index is 0.0768. The van der Waals surface area contributed by atoms with Crippen LogP contribution in [0.3, 0.4) is 0 Å². The summed E-state index contributed by atoms with van der Waals surface area (Å²) in [7, 11) is 0. The molecule has 0 unspecified atom stereocenters. The zero-order chi connectivity index (χ0) is 22.3. The van der Waals surface area contributed by atoms with Gasteiger partial charge in [0, 0.05) is 23.9 Å². The fraction of sp³-hybridized carbons (Fsp3) is 0.286. The Morgan fingerprint density at radius 2 is 1.60 bits per heavy atom. The van der Waals surface area contributed by atoms with E-state index in [1.807, 2.05) is 0 Å². The number of benzene rings is 2. The van der Waals surface area contributed by atoms with Crippen molar-refractivity contribution in [3.63, 3.8) is 0 Å². The van der Waals surface area contributed by atoms with Crippen LogP contribution < -0.4 is 16.0 Å². The van der Waals surface area contributed by atoms with Gasteiger partial charge in [0.2, 0.25) is 5.91 Å². The van der Waals surface area contributed by atoms with Gasteiger partial charge >= 0.3 is 6.09 Å². The minimum atomic E-state index is -0.695. The van der Waals surface area contributed by atoms with E-state index in [0.717, 1.165) is 6.07 Å². The normalized spacial score (nSPS) is 10.8. The number of nitrogens with one attached hydrogen (secondary N) is 3. The molecule has 5 N–H and O–H groups in total. The SMILES string of the molecule is CC(C)(C)OC(=O)NCC(=O)NCc1ccccc1NC(=O)c1cc(O)cc(O)c1. The maximum absolute atomic E-state index is 12.4. The van der Waals surface area contributed by atoms with Crippen molar-refractivity contribution in [2.24, 2.45) is 0 Å². The highest BCUT2D eigenvalue weighted by molar-refractivity contribution is 6.05. The largest absolute Gasteiger partial charge is 0.508 e. The van der Waals surface area contributed by atoms with Gasteiger partial charge in [0.1, 0.15) is 23.6 Å². The van der Waals surface area contributed by atoms with Crippen LogP contribution in [0.4, 0.5) is 10.5 Å². The summed E-state index contributed by atoms with van der Waals surface area (Å²) in [5, 5.41) is 26.8. The first-order valence-corrected chi connectivity index (χ1v) is 9.19. The monoisotopic (exact) mass is 415 g/mol. The van der Waals surface area contributed by atoms with Crippen molar-refractivity contribution in [1.82, 2.24) is 10.6 Å². The van der Waals surface area contributed by atoms with Crippen molar-refractivity contribution in [2.75, 3.05) is 11.9 Å². The number of phenols is 2.